The number of benzene rings is 2. The molecule has 6 nitrogen and oxygen atoms in total. The fourth-order valence-corrected chi connectivity index (χ4v) is 3.53. The van der Waals surface area contributed by atoms with E-state index < -0.39 is 5.97 Å². The summed E-state index contributed by atoms with van der Waals surface area (Å²) in [5.74, 6) is -0.448. The summed E-state index contributed by atoms with van der Waals surface area (Å²) in [6.45, 7) is 2.02. The summed E-state index contributed by atoms with van der Waals surface area (Å²) < 4.78 is 6.07. The zero-order valence-electron chi connectivity index (χ0n) is 13.8. The number of H-pyrrole nitrogens is 2. The van der Waals surface area contributed by atoms with Gasteiger partial charge in [-0.25, -0.2) is 4.79 Å². The maximum Gasteiger partial charge on any atom is 0.341 e. The van der Waals surface area contributed by atoms with Crippen molar-refractivity contribution in [2.45, 2.75) is 6.92 Å². The quantitative estimate of drug-likeness (QED) is 0.335. The highest BCUT2D eigenvalue weighted by Crippen LogP contribution is 2.41. The Morgan fingerprint density at radius 3 is 2.58 bits per heavy atom. The number of carbonyl (C=O) groups is 1. The molecule has 2 aromatic carbocycles. The highest BCUT2D eigenvalue weighted by molar-refractivity contribution is 9.10. The fourth-order valence-electron chi connectivity index (χ4n) is 3.17. The maximum absolute atomic E-state index is 12.6. The lowest BCUT2D eigenvalue weighted by Crippen LogP contribution is -2.05. The second-order valence-corrected chi connectivity index (χ2v) is 6.69. The van der Waals surface area contributed by atoms with Crippen molar-refractivity contribution >= 4 is 49.4 Å². The van der Waals surface area contributed by atoms with Crippen LogP contribution in [0, 0.1) is 4.91 Å². The summed E-state index contributed by atoms with van der Waals surface area (Å²) in [4.78, 5) is 30.6. The summed E-state index contributed by atoms with van der Waals surface area (Å²) in [6.07, 6.45) is 0. The number of hydrogen-bond donors (Lipinski definition) is 2. The maximum atomic E-state index is 12.6. The summed E-state index contributed by atoms with van der Waals surface area (Å²) in [6, 6.07) is 13.0. The van der Waals surface area contributed by atoms with Gasteiger partial charge >= 0.3 is 5.97 Å². The van der Waals surface area contributed by atoms with Gasteiger partial charge in [-0.2, -0.15) is 0 Å². The molecule has 2 heterocycles. The Labute approximate surface area is 156 Å². The number of ether oxygens (including phenoxy) is 1. The number of rotatable bonds is 4. The molecule has 4 rings (SSSR count). The minimum Gasteiger partial charge on any atom is -0.462 e. The topological polar surface area (TPSA) is 87.3 Å². The molecule has 0 saturated heterocycles. The zero-order chi connectivity index (χ0) is 18.3. The number of carbonyl (C=O) groups excluding carboxylic acids is 1. The normalized spacial score (nSPS) is 11.2. The zero-order valence-corrected chi connectivity index (χ0v) is 15.4. The van der Waals surface area contributed by atoms with Crippen molar-refractivity contribution < 1.29 is 9.53 Å². The number of nitrogens with zero attached hydrogens (tertiary/aromatic N) is 1. The summed E-state index contributed by atoms with van der Waals surface area (Å²) in [5, 5.41) is 4.63. The van der Waals surface area contributed by atoms with Crippen LogP contribution in [-0.2, 0) is 4.74 Å². The van der Waals surface area contributed by atoms with Crippen molar-refractivity contribution in [3.8, 4) is 11.4 Å². The molecule has 130 valence electrons. The van der Waals surface area contributed by atoms with Crippen molar-refractivity contribution in [3.05, 3.63) is 57.4 Å². The molecule has 0 bridgehead atoms. The lowest BCUT2D eigenvalue weighted by Gasteiger charge is -2.04. The number of para-hydroxylation sites is 1. The van der Waals surface area contributed by atoms with Crippen LogP contribution >= 0.6 is 15.9 Å². The molecule has 0 radical (unpaired) electrons. The fraction of sp³-hybridized carbons (Fsp3) is 0.105. The van der Waals surface area contributed by atoms with Crippen molar-refractivity contribution in [1.29, 1.82) is 0 Å². The minimum absolute atomic E-state index is 0.249. The third kappa shape index (κ3) is 2.52. The van der Waals surface area contributed by atoms with Crippen molar-refractivity contribution in [3.63, 3.8) is 0 Å². The number of hydrogen-bond acceptors (Lipinski definition) is 4. The number of esters is 1. The average molecular weight is 412 g/mol. The number of aromatic amines is 2. The SMILES string of the molecule is CCOC(=O)c1c(-c2[nH]c3ccc(Br)cc3c2N=O)[nH]c2ccccc12. The third-order valence-corrected chi connectivity index (χ3v) is 4.75. The van der Waals surface area contributed by atoms with Gasteiger partial charge in [0, 0.05) is 26.3 Å². The van der Waals surface area contributed by atoms with Gasteiger partial charge in [0.25, 0.3) is 0 Å². The Kier molecular flexibility index (Phi) is 4.08. The molecule has 2 N–H and O–H groups in total. The number of aromatic nitrogens is 2. The van der Waals surface area contributed by atoms with Gasteiger partial charge in [0.05, 0.1) is 23.6 Å². The van der Waals surface area contributed by atoms with Gasteiger partial charge in [0.2, 0.25) is 0 Å². The van der Waals surface area contributed by atoms with Crippen LogP contribution in [0.5, 0.6) is 0 Å². The van der Waals surface area contributed by atoms with Crippen LogP contribution in [0.1, 0.15) is 17.3 Å². The van der Waals surface area contributed by atoms with E-state index in [1.165, 1.54) is 0 Å². The Morgan fingerprint density at radius 1 is 1.08 bits per heavy atom. The highest BCUT2D eigenvalue weighted by atomic mass is 79.9. The van der Waals surface area contributed by atoms with Crippen LogP contribution < -0.4 is 0 Å². The number of fused-ring (bicyclic) bond motifs is 2. The highest BCUT2D eigenvalue weighted by Gasteiger charge is 2.25. The van der Waals surface area contributed by atoms with Gasteiger partial charge in [0.15, 0.2) is 0 Å². The van der Waals surface area contributed by atoms with Gasteiger partial charge in [-0.05, 0) is 36.4 Å². The molecule has 0 amide bonds. The van der Waals surface area contributed by atoms with Crippen LogP contribution in [0.25, 0.3) is 33.2 Å². The Hall–Kier alpha value is -2.93. The molecule has 0 spiro atoms. The van der Waals surface area contributed by atoms with Gasteiger partial charge in [-0.3, -0.25) is 0 Å². The van der Waals surface area contributed by atoms with Crippen LogP contribution in [0.2, 0.25) is 0 Å². The molecule has 26 heavy (non-hydrogen) atoms. The second-order valence-electron chi connectivity index (χ2n) is 5.77. The van der Waals surface area contributed by atoms with Crippen molar-refractivity contribution in [2.75, 3.05) is 6.61 Å². The van der Waals surface area contributed by atoms with E-state index in [-0.39, 0.29) is 12.3 Å². The van der Waals surface area contributed by atoms with Gasteiger partial charge in [-0.1, -0.05) is 34.1 Å². The first-order valence-electron chi connectivity index (χ1n) is 8.06. The molecule has 4 aromatic rings. The second kappa shape index (κ2) is 6.42. The predicted octanol–water partition coefficient (Wildman–Crippen LogP) is 5.65. The minimum atomic E-state index is -0.448. The molecule has 0 aliphatic carbocycles. The number of nitroso groups, excluding NO2 is 1. The molecule has 0 saturated carbocycles. The number of halogens is 1. The van der Waals surface area contributed by atoms with E-state index in [2.05, 4.69) is 31.1 Å². The largest absolute Gasteiger partial charge is 0.462 e. The van der Waals surface area contributed by atoms with Crippen LogP contribution in [-0.4, -0.2) is 22.5 Å². The van der Waals surface area contributed by atoms with E-state index in [0.29, 0.717) is 22.3 Å². The van der Waals surface area contributed by atoms with Crippen LogP contribution in [0.15, 0.2) is 52.1 Å². The van der Waals surface area contributed by atoms with E-state index in [1.807, 2.05) is 42.5 Å². The van der Waals surface area contributed by atoms with E-state index in [1.54, 1.807) is 6.92 Å². The molecule has 0 aliphatic rings. The first-order valence-corrected chi connectivity index (χ1v) is 8.86. The summed E-state index contributed by atoms with van der Waals surface area (Å²) >= 11 is 3.41. The molecule has 7 heteroatoms. The van der Waals surface area contributed by atoms with E-state index >= 15 is 0 Å². The van der Waals surface area contributed by atoms with Gasteiger partial charge in [-0.15, -0.1) is 4.91 Å². The first-order chi connectivity index (χ1) is 12.6. The van der Waals surface area contributed by atoms with Crippen LogP contribution in [0.3, 0.4) is 0 Å². The molecule has 0 aliphatic heterocycles. The van der Waals surface area contributed by atoms with Crippen molar-refractivity contribution in [1.82, 2.24) is 9.97 Å². The van der Waals surface area contributed by atoms with E-state index in [0.717, 1.165) is 20.9 Å². The molecule has 0 unspecified atom stereocenters. The van der Waals surface area contributed by atoms with Crippen LogP contribution in [0.4, 0.5) is 5.69 Å². The Balaban J connectivity index is 2.06. The number of nitrogens with one attached hydrogen (secondary N) is 2. The Morgan fingerprint density at radius 2 is 1.81 bits per heavy atom. The molecule has 0 atom stereocenters. The third-order valence-electron chi connectivity index (χ3n) is 4.26. The smallest absolute Gasteiger partial charge is 0.341 e. The molecular weight excluding hydrogens is 398 g/mol. The standard InChI is InChI=1S/C19H14BrN3O3/c1-2-26-19(24)15-11-5-3-4-6-13(11)21-17(15)18-16(23-25)12-9-10(20)7-8-14(12)22-18/h3-9,21-22H,2H2,1H3. The molecular formula is C19H14BrN3O3. The molecule has 0 fully saturated rings. The summed E-state index contributed by atoms with van der Waals surface area (Å²) in [7, 11) is 0. The van der Waals surface area contributed by atoms with Gasteiger partial charge in [0.1, 0.15) is 5.69 Å². The monoisotopic (exact) mass is 411 g/mol. The molecule has 2 aromatic heterocycles. The summed E-state index contributed by atoms with van der Waals surface area (Å²) in [5.41, 5.74) is 3.13. The first kappa shape index (κ1) is 16.5. The average Bonchev–Trinajstić information content (AvgIpc) is 3.19. The van der Waals surface area contributed by atoms with E-state index in [4.69, 9.17) is 4.74 Å². The van der Waals surface area contributed by atoms with Gasteiger partial charge < -0.3 is 14.7 Å². The lowest BCUT2D eigenvalue weighted by molar-refractivity contribution is 0.0529. The van der Waals surface area contributed by atoms with E-state index in [9.17, 15) is 9.70 Å². The van der Waals surface area contributed by atoms with Crippen molar-refractivity contribution in [2.24, 2.45) is 5.18 Å². The Bertz CT molecular complexity index is 1160. The lowest BCUT2D eigenvalue weighted by atomic mass is 10.1. The predicted molar refractivity (Wildman–Crippen MR) is 105 cm³/mol.